The fourth-order valence-electron chi connectivity index (χ4n) is 2.75. The first kappa shape index (κ1) is 15.4. The predicted octanol–water partition coefficient (Wildman–Crippen LogP) is 2.89. The van der Waals surface area contributed by atoms with Gasteiger partial charge in [0.2, 0.25) is 0 Å². The van der Waals surface area contributed by atoms with Crippen molar-refractivity contribution in [1.82, 2.24) is 15.3 Å². The third-order valence-corrected chi connectivity index (χ3v) is 4.10. The van der Waals surface area contributed by atoms with Gasteiger partial charge in [0.05, 0.1) is 23.3 Å². The van der Waals surface area contributed by atoms with Crippen LogP contribution in [0.5, 0.6) is 11.5 Å². The number of carbonyl (C=O) groups excluding carboxylic acids is 1. The van der Waals surface area contributed by atoms with Crippen molar-refractivity contribution in [3.63, 3.8) is 0 Å². The van der Waals surface area contributed by atoms with Gasteiger partial charge in [-0.25, -0.2) is 4.98 Å². The van der Waals surface area contributed by atoms with Gasteiger partial charge < -0.3 is 14.8 Å². The van der Waals surface area contributed by atoms with Crippen molar-refractivity contribution in [3.8, 4) is 11.5 Å². The van der Waals surface area contributed by atoms with Crippen molar-refractivity contribution in [3.05, 3.63) is 59.9 Å². The number of aromatic nitrogens is 2. The lowest BCUT2D eigenvalue weighted by Crippen LogP contribution is -2.27. The van der Waals surface area contributed by atoms with Crippen molar-refractivity contribution in [2.24, 2.45) is 0 Å². The Morgan fingerprint density at radius 3 is 2.68 bits per heavy atom. The number of nitrogens with zero attached hydrogens (tertiary/aromatic N) is 2. The van der Waals surface area contributed by atoms with Gasteiger partial charge in [0.25, 0.3) is 5.91 Å². The van der Waals surface area contributed by atoms with E-state index < -0.39 is 0 Å². The maximum Gasteiger partial charge on any atom is 0.271 e. The Hall–Kier alpha value is -3.15. The van der Waals surface area contributed by atoms with Crippen molar-refractivity contribution >= 4 is 16.9 Å². The summed E-state index contributed by atoms with van der Waals surface area (Å²) >= 11 is 0. The normalized spacial score (nSPS) is 14.1. The molecule has 1 amide bonds. The Kier molecular flexibility index (Phi) is 3.93. The second-order valence-corrected chi connectivity index (χ2v) is 5.84. The SMILES string of the molecule is C[C@H](NC(=O)c1cnc2ccccc2n1)c1ccc2c(c1)OCCO2. The lowest BCUT2D eigenvalue weighted by molar-refractivity contribution is 0.0934. The van der Waals surface area contributed by atoms with Gasteiger partial charge in [0.1, 0.15) is 18.9 Å². The zero-order chi connectivity index (χ0) is 17.2. The lowest BCUT2D eigenvalue weighted by atomic mass is 10.1. The number of para-hydroxylation sites is 2. The molecule has 25 heavy (non-hydrogen) atoms. The Morgan fingerprint density at radius 2 is 1.84 bits per heavy atom. The number of fused-ring (bicyclic) bond motifs is 2. The van der Waals surface area contributed by atoms with E-state index in [9.17, 15) is 4.79 Å². The van der Waals surface area contributed by atoms with E-state index in [2.05, 4.69) is 15.3 Å². The molecular weight excluding hydrogens is 318 g/mol. The van der Waals surface area contributed by atoms with Gasteiger partial charge in [-0.1, -0.05) is 18.2 Å². The van der Waals surface area contributed by atoms with Gasteiger partial charge in [-0.05, 0) is 36.8 Å². The van der Waals surface area contributed by atoms with Crippen LogP contribution < -0.4 is 14.8 Å². The monoisotopic (exact) mass is 335 g/mol. The molecule has 0 aliphatic carbocycles. The molecule has 0 fully saturated rings. The van der Waals surface area contributed by atoms with Gasteiger partial charge >= 0.3 is 0 Å². The molecule has 1 aliphatic rings. The molecule has 1 N–H and O–H groups in total. The number of hydrogen-bond acceptors (Lipinski definition) is 5. The fourth-order valence-corrected chi connectivity index (χ4v) is 2.75. The molecule has 3 aromatic rings. The molecule has 0 unspecified atom stereocenters. The summed E-state index contributed by atoms with van der Waals surface area (Å²) < 4.78 is 11.1. The molecule has 2 aromatic carbocycles. The van der Waals surface area contributed by atoms with Crippen LogP contribution >= 0.6 is 0 Å². The second-order valence-electron chi connectivity index (χ2n) is 5.84. The molecular formula is C19H17N3O3. The summed E-state index contributed by atoms with van der Waals surface area (Å²) in [4.78, 5) is 21.1. The summed E-state index contributed by atoms with van der Waals surface area (Å²) in [6, 6.07) is 12.9. The van der Waals surface area contributed by atoms with E-state index in [0.717, 1.165) is 16.8 Å². The van der Waals surface area contributed by atoms with Crippen LogP contribution in [0.3, 0.4) is 0 Å². The van der Waals surface area contributed by atoms with Crippen molar-refractivity contribution < 1.29 is 14.3 Å². The Balaban J connectivity index is 1.53. The molecule has 6 nitrogen and oxygen atoms in total. The smallest absolute Gasteiger partial charge is 0.271 e. The minimum atomic E-state index is -0.263. The molecule has 0 saturated carbocycles. The van der Waals surface area contributed by atoms with Gasteiger partial charge in [0.15, 0.2) is 11.5 Å². The molecule has 126 valence electrons. The van der Waals surface area contributed by atoms with E-state index in [1.807, 2.05) is 49.4 Å². The van der Waals surface area contributed by atoms with E-state index in [1.165, 1.54) is 6.20 Å². The van der Waals surface area contributed by atoms with Crippen LogP contribution in [0.1, 0.15) is 29.0 Å². The molecule has 0 radical (unpaired) electrons. The summed E-state index contributed by atoms with van der Waals surface area (Å²) in [6.45, 7) is 3.00. The van der Waals surface area contributed by atoms with E-state index in [-0.39, 0.29) is 11.9 Å². The molecule has 1 aliphatic heterocycles. The molecule has 0 spiro atoms. The van der Waals surface area contributed by atoms with Crippen molar-refractivity contribution in [2.45, 2.75) is 13.0 Å². The van der Waals surface area contributed by atoms with E-state index >= 15 is 0 Å². The molecule has 0 saturated heterocycles. The lowest BCUT2D eigenvalue weighted by Gasteiger charge is -2.21. The third-order valence-electron chi connectivity index (χ3n) is 4.10. The van der Waals surface area contributed by atoms with Gasteiger partial charge in [-0.3, -0.25) is 9.78 Å². The quantitative estimate of drug-likeness (QED) is 0.797. The number of rotatable bonds is 3. The Bertz CT molecular complexity index is 942. The molecule has 2 heterocycles. The van der Waals surface area contributed by atoms with Crippen LogP contribution in [-0.4, -0.2) is 29.1 Å². The Labute approximate surface area is 144 Å². The predicted molar refractivity (Wildman–Crippen MR) is 92.9 cm³/mol. The highest BCUT2D eigenvalue weighted by Crippen LogP contribution is 2.32. The third kappa shape index (κ3) is 3.10. The average Bonchev–Trinajstić information content (AvgIpc) is 2.67. The van der Waals surface area contributed by atoms with Crippen LogP contribution in [0.15, 0.2) is 48.7 Å². The zero-order valence-corrected chi connectivity index (χ0v) is 13.7. The highest BCUT2D eigenvalue weighted by Gasteiger charge is 2.17. The maximum atomic E-state index is 12.5. The largest absolute Gasteiger partial charge is 0.486 e. The number of carbonyl (C=O) groups is 1. The molecule has 4 rings (SSSR count). The fraction of sp³-hybridized carbons (Fsp3) is 0.211. The Morgan fingerprint density at radius 1 is 1.08 bits per heavy atom. The van der Waals surface area contributed by atoms with Crippen LogP contribution in [0.4, 0.5) is 0 Å². The van der Waals surface area contributed by atoms with Crippen LogP contribution in [0, 0.1) is 0 Å². The minimum Gasteiger partial charge on any atom is -0.486 e. The summed E-state index contributed by atoms with van der Waals surface area (Å²) in [7, 11) is 0. The molecule has 0 bridgehead atoms. The summed E-state index contributed by atoms with van der Waals surface area (Å²) in [5.74, 6) is 1.17. The summed E-state index contributed by atoms with van der Waals surface area (Å²) in [5, 5.41) is 2.95. The van der Waals surface area contributed by atoms with Gasteiger partial charge in [-0.2, -0.15) is 0 Å². The topological polar surface area (TPSA) is 73.3 Å². The first-order valence-corrected chi connectivity index (χ1v) is 8.13. The summed E-state index contributed by atoms with van der Waals surface area (Å²) in [5.41, 5.74) is 2.69. The molecule has 6 heteroatoms. The van der Waals surface area contributed by atoms with Crippen LogP contribution in [0.2, 0.25) is 0 Å². The van der Waals surface area contributed by atoms with E-state index in [4.69, 9.17) is 9.47 Å². The molecule has 1 atom stereocenters. The van der Waals surface area contributed by atoms with Gasteiger partial charge in [0, 0.05) is 0 Å². The highest BCUT2D eigenvalue weighted by molar-refractivity contribution is 5.94. The first-order valence-electron chi connectivity index (χ1n) is 8.13. The average molecular weight is 335 g/mol. The number of nitrogens with one attached hydrogen (secondary N) is 1. The number of ether oxygens (including phenoxy) is 2. The van der Waals surface area contributed by atoms with Crippen LogP contribution in [-0.2, 0) is 0 Å². The van der Waals surface area contributed by atoms with E-state index in [0.29, 0.717) is 30.2 Å². The standard InChI is InChI=1S/C19H17N3O3/c1-12(13-6-7-17-18(10-13)25-9-8-24-17)21-19(23)16-11-20-14-4-2-3-5-15(14)22-16/h2-7,10-12H,8-9H2,1H3,(H,21,23)/t12-/m0/s1. The van der Waals surface area contributed by atoms with E-state index in [1.54, 1.807) is 0 Å². The van der Waals surface area contributed by atoms with Gasteiger partial charge in [-0.15, -0.1) is 0 Å². The van der Waals surface area contributed by atoms with Crippen LogP contribution in [0.25, 0.3) is 11.0 Å². The van der Waals surface area contributed by atoms with Crippen molar-refractivity contribution in [2.75, 3.05) is 13.2 Å². The second kappa shape index (κ2) is 6.39. The first-order chi connectivity index (χ1) is 12.2. The maximum absolute atomic E-state index is 12.5. The minimum absolute atomic E-state index is 0.198. The highest BCUT2D eigenvalue weighted by atomic mass is 16.6. The zero-order valence-electron chi connectivity index (χ0n) is 13.7. The number of hydrogen-bond donors (Lipinski definition) is 1. The molecule has 1 aromatic heterocycles. The number of amides is 1. The van der Waals surface area contributed by atoms with Crippen molar-refractivity contribution in [1.29, 1.82) is 0 Å². The summed E-state index contributed by atoms with van der Waals surface area (Å²) in [6.07, 6.45) is 1.49. The number of benzene rings is 2.